The monoisotopic (exact) mass is 289 g/mol. The molecule has 0 aliphatic heterocycles. The molecule has 20 heavy (non-hydrogen) atoms. The van der Waals surface area contributed by atoms with Gasteiger partial charge in [0.25, 0.3) is 0 Å². The van der Waals surface area contributed by atoms with Crippen LogP contribution in [0.5, 0.6) is 0 Å². The molecule has 1 N–H and O–H groups in total. The summed E-state index contributed by atoms with van der Waals surface area (Å²) < 4.78 is 13.0. The summed E-state index contributed by atoms with van der Waals surface area (Å²) in [6, 6.07) is 14.0. The summed E-state index contributed by atoms with van der Waals surface area (Å²) in [5.41, 5.74) is 2.95. The molecule has 0 bridgehead atoms. The predicted octanol–water partition coefficient (Wildman–Crippen LogP) is 4.01. The number of anilines is 1. The number of carbonyl (C=O) groups is 1. The van der Waals surface area contributed by atoms with Crippen molar-refractivity contribution in [3.63, 3.8) is 0 Å². The van der Waals surface area contributed by atoms with Crippen LogP contribution in [0.3, 0.4) is 0 Å². The molecular formula is C16H16FNOS. The summed E-state index contributed by atoms with van der Waals surface area (Å²) in [5, 5.41) is 2.68. The molecule has 2 rings (SSSR count). The van der Waals surface area contributed by atoms with E-state index in [2.05, 4.69) is 24.4 Å². The van der Waals surface area contributed by atoms with E-state index >= 15 is 0 Å². The average molecular weight is 289 g/mol. The molecule has 0 unspecified atom stereocenters. The molecule has 0 atom stereocenters. The lowest BCUT2D eigenvalue weighted by Crippen LogP contribution is -2.14. The number of carbonyl (C=O) groups excluding carboxylic acids is 1. The zero-order chi connectivity index (χ0) is 14.4. The highest BCUT2D eigenvalue weighted by molar-refractivity contribution is 7.99. The van der Waals surface area contributed by atoms with Gasteiger partial charge in [-0.25, -0.2) is 4.39 Å². The molecule has 0 saturated carbocycles. The number of nitrogens with one attached hydrogen (secondary N) is 1. The summed E-state index contributed by atoms with van der Waals surface area (Å²) in [4.78, 5) is 11.7. The first-order valence-electron chi connectivity index (χ1n) is 6.33. The number of halogens is 1. The second kappa shape index (κ2) is 7.10. The number of amides is 1. The highest BCUT2D eigenvalue weighted by Gasteiger charge is 2.04. The van der Waals surface area contributed by atoms with Crippen LogP contribution in [0.2, 0.25) is 0 Å². The SMILES string of the molecule is Cc1ccccc1CSCC(=O)Nc1cccc(F)c1. The van der Waals surface area contributed by atoms with Gasteiger partial charge in [0.1, 0.15) is 5.82 Å². The van der Waals surface area contributed by atoms with Crippen molar-refractivity contribution in [2.24, 2.45) is 0 Å². The second-order valence-corrected chi connectivity index (χ2v) is 5.46. The standard InChI is InChI=1S/C16H16FNOS/c1-12-5-2-3-6-13(12)10-20-11-16(19)18-15-8-4-7-14(17)9-15/h2-9H,10-11H2,1H3,(H,18,19). The molecule has 2 aromatic rings. The minimum absolute atomic E-state index is 0.116. The fourth-order valence-corrected chi connectivity index (χ4v) is 2.69. The van der Waals surface area contributed by atoms with Crippen LogP contribution < -0.4 is 5.32 Å². The van der Waals surface area contributed by atoms with Gasteiger partial charge in [-0.05, 0) is 36.2 Å². The first-order chi connectivity index (χ1) is 9.65. The van der Waals surface area contributed by atoms with Gasteiger partial charge in [-0.3, -0.25) is 4.79 Å². The summed E-state index contributed by atoms with van der Waals surface area (Å²) >= 11 is 1.55. The van der Waals surface area contributed by atoms with Gasteiger partial charge in [0.15, 0.2) is 0 Å². The maximum Gasteiger partial charge on any atom is 0.234 e. The van der Waals surface area contributed by atoms with E-state index in [-0.39, 0.29) is 11.7 Å². The van der Waals surface area contributed by atoms with Crippen LogP contribution in [0.15, 0.2) is 48.5 Å². The van der Waals surface area contributed by atoms with Gasteiger partial charge < -0.3 is 5.32 Å². The fourth-order valence-electron chi connectivity index (χ4n) is 1.79. The van der Waals surface area contributed by atoms with Crippen LogP contribution in [0, 0.1) is 12.7 Å². The van der Waals surface area contributed by atoms with E-state index in [1.54, 1.807) is 23.9 Å². The third-order valence-electron chi connectivity index (χ3n) is 2.86. The molecule has 2 aromatic carbocycles. The minimum Gasteiger partial charge on any atom is -0.325 e. The molecule has 4 heteroatoms. The number of hydrogen-bond acceptors (Lipinski definition) is 2. The van der Waals surface area contributed by atoms with Crippen molar-refractivity contribution >= 4 is 23.4 Å². The molecule has 0 aromatic heterocycles. The lowest BCUT2D eigenvalue weighted by atomic mass is 10.1. The average Bonchev–Trinajstić information content (AvgIpc) is 2.41. The van der Waals surface area contributed by atoms with E-state index in [1.807, 2.05) is 12.1 Å². The van der Waals surface area contributed by atoms with E-state index in [4.69, 9.17) is 0 Å². The molecule has 104 valence electrons. The molecule has 0 radical (unpaired) electrons. The van der Waals surface area contributed by atoms with E-state index in [1.165, 1.54) is 23.3 Å². The van der Waals surface area contributed by atoms with E-state index in [0.29, 0.717) is 11.4 Å². The first-order valence-corrected chi connectivity index (χ1v) is 7.48. The third-order valence-corrected chi connectivity index (χ3v) is 3.84. The van der Waals surface area contributed by atoms with Gasteiger partial charge in [0.05, 0.1) is 5.75 Å². The van der Waals surface area contributed by atoms with E-state index < -0.39 is 0 Å². The Bertz CT molecular complexity index is 601. The molecule has 0 aliphatic carbocycles. The van der Waals surface area contributed by atoms with Gasteiger partial charge in [-0.1, -0.05) is 30.3 Å². The van der Waals surface area contributed by atoms with Crippen LogP contribution in [0.4, 0.5) is 10.1 Å². The topological polar surface area (TPSA) is 29.1 Å². The van der Waals surface area contributed by atoms with E-state index in [0.717, 1.165) is 5.75 Å². The first kappa shape index (κ1) is 14.6. The summed E-state index contributed by atoms with van der Waals surface area (Å²) in [6.45, 7) is 2.06. The van der Waals surface area contributed by atoms with E-state index in [9.17, 15) is 9.18 Å². The van der Waals surface area contributed by atoms with Crippen molar-refractivity contribution in [1.82, 2.24) is 0 Å². The minimum atomic E-state index is -0.352. The quantitative estimate of drug-likeness (QED) is 0.901. The number of benzene rings is 2. The Kier molecular flexibility index (Phi) is 5.18. The fraction of sp³-hybridized carbons (Fsp3) is 0.188. The molecule has 0 saturated heterocycles. The maximum absolute atomic E-state index is 13.0. The summed E-state index contributed by atoms with van der Waals surface area (Å²) in [6.07, 6.45) is 0. The van der Waals surface area contributed by atoms with Crippen LogP contribution in [0.25, 0.3) is 0 Å². The van der Waals surface area contributed by atoms with Crippen molar-refractivity contribution in [2.75, 3.05) is 11.1 Å². The number of thioether (sulfide) groups is 1. The summed E-state index contributed by atoms with van der Waals surface area (Å²) in [5.74, 6) is 0.679. The lowest BCUT2D eigenvalue weighted by Gasteiger charge is -2.07. The van der Waals surface area contributed by atoms with Crippen LogP contribution >= 0.6 is 11.8 Å². The molecule has 0 heterocycles. The molecule has 0 spiro atoms. The molecular weight excluding hydrogens is 273 g/mol. The highest BCUT2D eigenvalue weighted by atomic mass is 32.2. The zero-order valence-corrected chi connectivity index (χ0v) is 12.0. The summed E-state index contributed by atoms with van der Waals surface area (Å²) in [7, 11) is 0. The Morgan fingerprint density at radius 1 is 1.20 bits per heavy atom. The van der Waals surface area contributed by atoms with Gasteiger partial charge in [0.2, 0.25) is 5.91 Å². The normalized spacial score (nSPS) is 10.3. The number of hydrogen-bond donors (Lipinski definition) is 1. The zero-order valence-electron chi connectivity index (χ0n) is 11.2. The molecule has 2 nitrogen and oxygen atoms in total. The van der Waals surface area contributed by atoms with Crippen molar-refractivity contribution < 1.29 is 9.18 Å². The Morgan fingerprint density at radius 2 is 2.00 bits per heavy atom. The van der Waals surface area contributed by atoms with Crippen LogP contribution in [-0.2, 0) is 10.5 Å². The Balaban J connectivity index is 1.80. The van der Waals surface area contributed by atoms with Crippen molar-refractivity contribution in [2.45, 2.75) is 12.7 Å². The Hall–Kier alpha value is -1.81. The van der Waals surface area contributed by atoms with Gasteiger partial charge in [0, 0.05) is 11.4 Å². The Morgan fingerprint density at radius 3 is 2.75 bits per heavy atom. The Labute approximate surface area is 122 Å². The largest absolute Gasteiger partial charge is 0.325 e. The van der Waals surface area contributed by atoms with Crippen LogP contribution in [-0.4, -0.2) is 11.7 Å². The predicted molar refractivity (Wildman–Crippen MR) is 82.4 cm³/mol. The van der Waals surface area contributed by atoms with Gasteiger partial charge in [-0.15, -0.1) is 11.8 Å². The molecule has 0 aliphatic rings. The molecule has 0 fully saturated rings. The van der Waals surface area contributed by atoms with Gasteiger partial charge >= 0.3 is 0 Å². The number of aryl methyl sites for hydroxylation is 1. The van der Waals surface area contributed by atoms with Crippen molar-refractivity contribution in [3.05, 3.63) is 65.5 Å². The third kappa shape index (κ3) is 4.38. The maximum atomic E-state index is 13.0. The van der Waals surface area contributed by atoms with Crippen molar-refractivity contribution in [3.8, 4) is 0 Å². The number of rotatable bonds is 5. The van der Waals surface area contributed by atoms with Crippen LogP contribution in [0.1, 0.15) is 11.1 Å². The molecule has 1 amide bonds. The van der Waals surface area contributed by atoms with Crippen molar-refractivity contribution in [1.29, 1.82) is 0 Å². The highest BCUT2D eigenvalue weighted by Crippen LogP contribution is 2.16. The lowest BCUT2D eigenvalue weighted by molar-refractivity contribution is -0.113. The second-order valence-electron chi connectivity index (χ2n) is 4.48. The smallest absolute Gasteiger partial charge is 0.234 e. The van der Waals surface area contributed by atoms with Gasteiger partial charge in [-0.2, -0.15) is 0 Å².